The lowest BCUT2D eigenvalue weighted by molar-refractivity contribution is 0.381. The SMILES string of the molecule is CSC(C)CCNc1c(F)c(F)c(F)c(F)c1F. The van der Waals surface area contributed by atoms with Crippen LogP contribution in [0.4, 0.5) is 27.6 Å². The van der Waals surface area contributed by atoms with Gasteiger partial charge in [-0.25, -0.2) is 22.0 Å². The Balaban J connectivity index is 2.89. The molecule has 1 N–H and O–H groups in total. The van der Waals surface area contributed by atoms with E-state index in [-0.39, 0.29) is 11.8 Å². The Bertz CT molecular complexity index is 409. The van der Waals surface area contributed by atoms with Gasteiger partial charge in [0.05, 0.1) is 0 Å². The molecule has 0 heterocycles. The van der Waals surface area contributed by atoms with Gasteiger partial charge in [0.25, 0.3) is 0 Å². The van der Waals surface area contributed by atoms with Gasteiger partial charge in [-0.3, -0.25) is 0 Å². The summed E-state index contributed by atoms with van der Waals surface area (Å²) >= 11 is 1.54. The van der Waals surface area contributed by atoms with Crippen molar-refractivity contribution in [2.24, 2.45) is 0 Å². The van der Waals surface area contributed by atoms with Crippen molar-refractivity contribution < 1.29 is 22.0 Å². The van der Waals surface area contributed by atoms with Crippen LogP contribution in [-0.4, -0.2) is 18.1 Å². The standard InChI is InChI=1S/C11H12F5NS/c1-5(18-2)3-4-17-11-9(15)7(13)6(12)8(14)10(11)16/h5,17H,3-4H2,1-2H3. The summed E-state index contributed by atoms with van der Waals surface area (Å²) in [5.74, 6) is -9.68. The summed E-state index contributed by atoms with van der Waals surface area (Å²) in [7, 11) is 0. The van der Waals surface area contributed by atoms with Crippen LogP contribution in [-0.2, 0) is 0 Å². The Kier molecular flexibility index (Phi) is 5.25. The third-order valence-corrected chi connectivity index (χ3v) is 3.51. The number of hydrogen-bond donors (Lipinski definition) is 1. The van der Waals surface area contributed by atoms with Crippen LogP contribution in [0, 0.1) is 29.1 Å². The van der Waals surface area contributed by atoms with E-state index in [1.165, 1.54) is 0 Å². The van der Waals surface area contributed by atoms with Crippen molar-refractivity contribution in [1.82, 2.24) is 0 Å². The highest BCUT2D eigenvalue weighted by Crippen LogP contribution is 2.27. The molecular weight excluding hydrogens is 273 g/mol. The minimum atomic E-state index is -2.15. The summed E-state index contributed by atoms with van der Waals surface area (Å²) in [4.78, 5) is 0. The van der Waals surface area contributed by atoms with Gasteiger partial charge >= 0.3 is 0 Å². The van der Waals surface area contributed by atoms with Gasteiger partial charge in [0.1, 0.15) is 5.69 Å². The number of halogens is 5. The minimum absolute atomic E-state index is 0.125. The molecule has 1 atom stereocenters. The highest BCUT2D eigenvalue weighted by molar-refractivity contribution is 7.99. The Morgan fingerprint density at radius 3 is 1.83 bits per heavy atom. The second-order valence-electron chi connectivity index (χ2n) is 3.71. The summed E-state index contributed by atoms with van der Waals surface area (Å²) in [5, 5.41) is 2.47. The Hall–Kier alpha value is -0.980. The molecule has 7 heteroatoms. The first-order valence-electron chi connectivity index (χ1n) is 5.18. The van der Waals surface area contributed by atoms with Crippen molar-refractivity contribution in [3.8, 4) is 0 Å². The maximum absolute atomic E-state index is 13.2. The molecule has 1 aromatic rings. The minimum Gasteiger partial charge on any atom is -0.380 e. The maximum atomic E-state index is 13.2. The van der Waals surface area contributed by atoms with E-state index < -0.39 is 34.8 Å². The Morgan fingerprint density at radius 1 is 0.944 bits per heavy atom. The number of thioether (sulfide) groups is 1. The van der Waals surface area contributed by atoms with Crippen molar-refractivity contribution in [1.29, 1.82) is 0 Å². The predicted molar refractivity (Wildman–Crippen MR) is 62.3 cm³/mol. The molecule has 0 amide bonds. The molecule has 1 aromatic carbocycles. The molecule has 0 saturated heterocycles. The third-order valence-electron chi connectivity index (χ3n) is 2.46. The molecular formula is C11H12F5NS. The first-order valence-corrected chi connectivity index (χ1v) is 6.47. The van der Waals surface area contributed by atoms with E-state index in [4.69, 9.17) is 0 Å². The zero-order valence-electron chi connectivity index (χ0n) is 9.79. The number of benzene rings is 1. The zero-order chi connectivity index (χ0) is 13.9. The molecule has 0 saturated carbocycles. The van der Waals surface area contributed by atoms with E-state index in [9.17, 15) is 22.0 Å². The fourth-order valence-electron chi connectivity index (χ4n) is 1.28. The van der Waals surface area contributed by atoms with Crippen LogP contribution < -0.4 is 5.32 Å². The first-order chi connectivity index (χ1) is 8.40. The summed E-state index contributed by atoms with van der Waals surface area (Å²) < 4.78 is 64.9. The second kappa shape index (κ2) is 6.26. The lowest BCUT2D eigenvalue weighted by Gasteiger charge is -2.12. The van der Waals surface area contributed by atoms with Gasteiger partial charge in [0.15, 0.2) is 23.3 Å². The molecule has 0 radical (unpaired) electrons. The summed E-state index contributed by atoms with van der Waals surface area (Å²) in [6.45, 7) is 2.02. The number of rotatable bonds is 5. The van der Waals surface area contributed by atoms with Crippen LogP contribution in [0.2, 0.25) is 0 Å². The fourth-order valence-corrected chi connectivity index (χ4v) is 1.63. The number of nitrogens with one attached hydrogen (secondary N) is 1. The quantitative estimate of drug-likeness (QED) is 0.499. The lowest BCUT2D eigenvalue weighted by Crippen LogP contribution is -2.13. The molecule has 18 heavy (non-hydrogen) atoms. The van der Waals surface area contributed by atoms with Crippen LogP contribution in [0.3, 0.4) is 0 Å². The fraction of sp³-hybridized carbons (Fsp3) is 0.455. The summed E-state index contributed by atoms with van der Waals surface area (Å²) in [6.07, 6.45) is 2.41. The molecule has 1 rings (SSSR count). The number of anilines is 1. The molecule has 0 aliphatic carbocycles. The monoisotopic (exact) mass is 285 g/mol. The third kappa shape index (κ3) is 3.07. The highest BCUT2D eigenvalue weighted by atomic mass is 32.2. The molecule has 1 nitrogen and oxygen atoms in total. The lowest BCUT2D eigenvalue weighted by atomic mass is 10.2. The van der Waals surface area contributed by atoms with Crippen LogP contribution in [0.1, 0.15) is 13.3 Å². The van der Waals surface area contributed by atoms with Crippen molar-refractivity contribution in [3.05, 3.63) is 29.1 Å². The van der Waals surface area contributed by atoms with Gasteiger partial charge in [-0.15, -0.1) is 0 Å². The van der Waals surface area contributed by atoms with E-state index in [2.05, 4.69) is 5.32 Å². The van der Waals surface area contributed by atoms with E-state index in [0.29, 0.717) is 6.42 Å². The van der Waals surface area contributed by atoms with Crippen molar-refractivity contribution >= 4 is 17.4 Å². The first kappa shape index (κ1) is 15.1. The Labute approximate surface area is 106 Å². The second-order valence-corrected chi connectivity index (χ2v) is 4.98. The van der Waals surface area contributed by atoms with E-state index >= 15 is 0 Å². The predicted octanol–water partition coefficient (Wildman–Crippen LogP) is 3.94. The largest absolute Gasteiger partial charge is 0.380 e. The topological polar surface area (TPSA) is 12.0 Å². The summed E-state index contributed by atoms with van der Waals surface area (Å²) in [6, 6.07) is 0. The molecule has 0 fully saturated rings. The van der Waals surface area contributed by atoms with Gasteiger partial charge in [0.2, 0.25) is 5.82 Å². The summed E-state index contributed by atoms with van der Waals surface area (Å²) in [5.41, 5.74) is -0.972. The van der Waals surface area contributed by atoms with Crippen molar-refractivity contribution in [2.75, 3.05) is 18.1 Å². The van der Waals surface area contributed by atoms with Crippen molar-refractivity contribution in [3.63, 3.8) is 0 Å². The maximum Gasteiger partial charge on any atom is 0.200 e. The van der Waals surface area contributed by atoms with Crippen LogP contribution in [0.15, 0.2) is 0 Å². The van der Waals surface area contributed by atoms with E-state index in [1.807, 2.05) is 13.2 Å². The van der Waals surface area contributed by atoms with Gasteiger partial charge < -0.3 is 5.32 Å². The zero-order valence-corrected chi connectivity index (χ0v) is 10.6. The molecule has 0 aromatic heterocycles. The Morgan fingerprint density at radius 2 is 1.39 bits per heavy atom. The van der Waals surface area contributed by atoms with E-state index in [1.54, 1.807) is 11.8 Å². The molecule has 0 bridgehead atoms. The molecule has 1 unspecified atom stereocenters. The molecule has 0 aliphatic heterocycles. The highest BCUT2D eigenvalue weighted by Gasteiger charge is 2.25. The average molecular weight is 285 g/mol. The molecule has 102 valence electrons. The van der Waals surface area contributed by atoms with Crippen LogP contribution in [0.5, 0.6) is 0 Å². The van der Waals surface area contributed by atoms with Gasteiger partial charge in [-0.05, 0) is 12.7 Å². The number of hydrogen-bond acceptors (Lipinski definition) is 2. The normalized spacial score (nSPS) is 12.6. The smallest absolute Gasteiger partial charge is 0.200 e. The van der Waals surface area contributed by atoms with Gasteiger partial charge in [-0.1, -0.05) is 6.92 Å². The van der Waals surface area contributed by atoms with Crippen LogP contribution in [0.25, 0.3) is 0 Å². The average Bonchev–Trinajstić information content (AvgIpc) is 2.37. The van der Waals surface area contributed by atoms with E-state index in [0.717, 1.165) is 0 Å². The van der Waals surface area contributed by atoms with Crippen molar-refractivity contribution in [2.45, 2.75) is 18.6 Å². The van der Waals surface area contributed by atoms with Crippen LogP contribution >= 0.6 is 11.8 Å². The molecule has 0 spiro atoms. The van der Waals surface area contributed by atoms with Gasteiger partial charge in [0, 0.05) is 11.8 Å². The molecule has 0 aliphatic rings. The van der Waals surface area contributed by atoms with Gasteiger partial charge in [-0.2, -0.15) is 11.8 Å².